The van der Waals surface area contributed by atoms with Gasteiger partial charge in [-0.15, -0.1) is 0 Å². The number of benzene rings is 1. The third-order valence-corrected chi connectivity index (χ3v) is 2.80. The van der Waals surface area contributed by atoms with Crippen molar-refractivity contribution in [3.8, 4) is 11.6 Å². The molecule has 0 spiro atoms. The lowest BCUT2D eigenvalue weighted by molar-refractivity contribution is -0.141. The predicted molar refractivity (Wildman–Crippen MR) is 68.6 cm³/mol. The normalized spacial score (nSPS) is 11.7. The fourth-order valence-corrected chi connectivity index (χ4v) is 1.68. The summed E-state index contributed by atoms with van der Waals surface area (Å²) in [6, 6.07) is 5.79. The van der Waals surface area contributed by atoms with E-state index in [4.69, 9.17) is 10.5 Å². The number of hydrogen-bond acceptors (Lipinski definition) is 3. The molecule has 1 aromatic heterocycles. The van der Waals surface area contributed by atoms with Crippen LogP contribution in [0.3, 0.4) is 0 Å². The Morgan fingerprint density at radius 1 is 1.30 bits per heavy atom. The lowest BCUT2D eigenvalue weighted by atomic mass is 10.2. The molecular weight excluding hydrogens is 271 g/mol. The summed E-state index contributed by atoms with van der Waals surface area (Å²) in [5.41, 5.74) is 6.09. The van der Waals surface area contributed by atoms with E-state index in [0.29, 0.717) is 11.4 Å². The molecule has 0 atom stereocenters. The van der Waals surface area contributed by atoms with Crippen LogP contribution in [0.2, 0.25) is 0 Å². The molecule has 0 saturated carbocycles. The quantitative estimate of drug-likeness (QED) is 0.876. The summed E-state index contributed by atoms with van der Waals surface area (Å²) in [4.78, 5) is 0. The minimum Gasteiger partial charge on any atom is -0.439 e. The molecule has 2 aromatic rings. The average Bonchev–Trinajstić information content (AvgIpc) is 2.77. The van der Waals surface area contributed by atoms with E-state index in [1.807, 2.05) is 0 Å². The Hall–Kier alpha value is -2.18. The van der Waals surface area contributed by atoms with Crippen LogP contribution in [-0.4, -0.2) is 9.78 Å². The van der Waals surface area contributed by atoms with Crippen LogP contribution in [-0.2, 0) is 12.7 Å². The number of rotatable bonds is 3. The molecule has 108 valence electrons. The van der Waals surface area contributed by atoms with E-state index in [1.54, 1.807) is 32.0 Å². The van der Waals surface area contributed by atoms with Gasteiger partial charge in [-0.25, -0.2) is 4.68 Å². The number of nitrogens with zero attached hydrogens (tertiary/aromatic N) is 2. The Morgan fingerprint density at radius 2 is 2.00 bits per heavy atom. The molecular formula is C13H14F3N3O. The topological polar surface area (TPSA) is 53.1 Å². The number of nitrogens with two attached hydrogens (primary N) is 1. The van der Waals surface area contributed by atoms with Gasteiger partial charge in [-0.05, 0) is 37.6 Å². The summed E-state index contributed by atoms with van der Waals surface area (Å²) in [5, 5.41) is 3.48. The highest BCUT2D eigenvalue weighted by Crippen LogP contribution is 2.32. The zero-order valence-electron chi connectivity index (χ0n) is 11.0. The minimum atomic E-state index is -4.49. The summed E-state index contributed by atoms with van der Waals surface area (Å²) in [5.74, 6) is 0.462. The van der Waals surface area contributed by atoms with E-state index in [-0.39, 0.29) is 12.4 Å². The lowest BCUT2D eigenvalue weighted by Gasteiger charge is -2.08. The fraction of sp³-hybridized carbons (Fsp3) is 0.308. The third kappa shape index (κ3) is 2.87. The maximum Gasteiger partial charge on any atom is 0.435 e. The smallest absolute Gasteiger partial charge is 0.435 e. The SMILES string of the molecule is CCn1nc(C(F)(F)F)cc1Oc1ccc(N)c(C)c1. The molecule has 20 heavy (non-hydrogen) atoms. The predicted octanol–water partition coefficient (Wildman–Crippen LogP) is 3.60. The van der Waals surface area contributed by atoms with Crippen LogP contribution >= 0.6 is 0 Å². The van der Waals surface area contributed by atoms with Crippen LogP contribution in [0.25, 0.3) is 0 Å². The number of aromatic nitrogens is 2. The summed E-state index contributed by atoms with van der Waals surface area (Å²) in [7, 11) is 0. The molecule has 0 amide bonds. The second kappa shape index (κ2) is 5.07. The Balaban J connectivity index is 2.32. The number of alkyl halides is 3. The van der Waals surface area contributed by atoms with Crippen molar-refractivity contribution in [2.24, 2.45) is 0 Å². The Morgan fingerprint density at radius 3 is 2.55 bits per heavy atom. The van der Waals surface area contributed by atoms with Crippen LogP contribution in [0.15, 0.2) is 24.3 Å². The molecule has 0 fully saturated rings. The molecule has 1 aromatic carbocycles. The first-order valence-electron chi connectivity index (χ1n) is 6.00. The molecule has 2 rings (SSSR count). The van der Waals surface area contributed by atoms with Gasteiger partial charge in [-0.2, -0.15) is 18.3 Å². The van der Waals surface area contributed by atoms with E-state index < -0.39 is 11.9 Å². The number of ether oxygens (including phenoxy) is 1. The van der Waals surface area contributed by atoms with Crippen LogP contribution in [0, 0.1) is 6.92 Å². The number of aryl methyl sites for hydroxylation is 2. The zero-order chi connectivity index (χ0) is 14.9. The number of anilines is 1. The first-order valence-corrected chi connectivity index (χ1v) is 6.00. The Labute approximate surface area is 114 Å². The van der Waals surface area contributed by atoms with Gasteiger partial charge in [0.25, 0.3) is 0 Å². The van der Waals surface area contributed by atoms with Crippen molar-refractivity contribution >= 4 is 5.69 Å². The van der Waals surface area contributed by atoms with Crippen molar-refractivity contribution in [1.29, 1.82) is 0 Å². The minimum absolute atomic E-state index is 0.0454. The van der Waals surface area contributed by atoms with E-state index in [9.17, 15) is 13.2 Å². The summed E-state index contributed by atoms with van der Waals surface area (Å²) < 4.78 is 44.5. The van der Waals surface area contributed by atoms with Gasteiger partial charge in [0.2, 0.25) is 5.88 Å². The molecule has 0 aliphatic rings. The molecule has 0 aliphatic carbocycles. The molecule has 0 saturated heterocycles. The highest BCUT2D eigenvalue weighted by molar-refractivity contribution is 5.50. The molecule has 1 heterocycles. The van der Waals surface area contributed by atoms with Gasteiger partial charge in [-0.3, -0.25) is 0 Å². The highest BCUT2D eigenvalue weighted by atomic mass is 19.4. The Bertz CT molecular complexity index is 620. The van der Waals surface area contributed by atoms with E-state index in [0.717, 1.165) is 16.3 Å². The van der Waals surface area contributed by atoms with E-state index in [1.165, 1.54) is 0 Å². The summed E-state index contributed by atoms with van der Waals surface area (Å²) in [6.07, 6.45) is -4.49. The van der Waals surface area contributed by atoms with Crippen molar-refractivity contribution in [1.82, 2.24) is 9.78 Å². The van der Waals surface area contributed by atoms with Crippen LogP contribution in [0.1, 0.15) is 18.2 Å². The molecule has 0 unspecified atom stereocenters. The summed E-state index contributed by atoms with van der Waals surface area (Å²) >= 11 is 0. The maximum absolute atomic E-state index is 12.6. The van der Waals surface area contributed by atoms with Gasteiger partial charge >= 0.3 is 6.18 Å². The molecule has 0 bridgehead atoms. The van der Waals surface area contributed by atoms with Gasteiger partial charge < -0.3 is 10.5 Å². The van der Waals surface area contributed by atoms with Crippen molar-refractivity contribution in [3.63, 3.8) is 0 Å². The number of hydrogen-bond donors (Lipinski definition) is 1. The lowest BCUT2D eigenvalue weighted by Crippen LogP contribution is -2.07. The summed E-state index contributed by atoms with van der Waals surface area (Å²) in [6.45, 7) is 3.76. The molecule has 0 radical (unpaired) electrons. The van der Waals surface area contributed by atoms with Gasteiger partial charge in [0.1, 0.15) is 5.75 Å². The van der Waals surface area contributed by atoms with Gasteiger partial charge in [0.05, 0.1) is 0 Å². The molecule has 0 aliphatic heterocycles. The van der Waals surface area contributed by atoms with Gasteiger partial charge in [0.15, 0.2) is 5.69 Å². The van der Waals surface area contributed by atoms with Crippen LogP contribution in [0.4, 0.5) is 18.9 Å². The number of nitrogen functional groups attached to an aromatic ring is 1. The van der Waals surface area contributed by atoms with Crippen molar-refractivity contribution in [3.05, 3.63) is 35.5 Å². The van der Waals surface area contributed by atoms with Crippen LogP contribution in [0.5, 0.6) is 11.6 Å². The zero-order valence-corrected chi connectivity index (χ0v) is 11.0. The largest absolute Gasteiger partial charge is 0.439 e. The third-order valence-electron chi connectivity index (χ3n) is 2.80. The van der Waals surface area contributed by atoms with Crippen molar-refractivity contribution < 1.29 is 17.9 Å². The van der Waals surface area contributed by atoms with Gasteiger partial charge in [0, 0.05) is 18.3 Å². The molecule has 4 nitrogen and oxygen atoms in total. The monoisotopic (exact) mass is 285 g/mol. The van der Waals surface area contributed by atoms with E-state index in [2.05, 4.69) is 5.10 Å². The second-order valence-corrected chi connectivity index (χ2v) is 4.30. The first-order chi connectivity index (χ1) is 9.31. The highest BCUT2D eigenvalue weighted by Gasteiger charge is 2.35. The molecule has 2 N–H and O–H groups in total. The Kier molecular flexibility index (Phi) is 3.61. The number of halogens is 3. The second-order valence-electron chi connectivity index (χ2n) is 4.30. The van der Waals surface area contributed by atoms with E-state index >= 15 is 0 Å². The molecule has 7 heteroatoms. The van der Waals surface area contributed by atoms with Crippen LogP contribution < -0.4 is 10.5 Å². The maximum atomic E-state index is 12.6. The van der Waals surface area contributed by atoms with Crippen molar-refractivity contribution in [2.75, 3.05) is 5.73 Å². The fourth-order valence-electron chi connectivity index (χ4n) is 1.68. The average molecular weight is 285 g/mol. The van der Waals surface area contributed by atoms with Crippen molar-refractivity contribution in [2.45, 2.75) is 26.6 Å². The first kappa shape index (κ1) is 14.2. The standard InChI is InChI=1S/C13H14F3N3O/c1-3-19-12(7-11(18-19)13(14,15)16)20-9-4-5-10(17)8(2)6-9/h4-7H,3,17H2,1-2H3. The van der Waals surface area contributed by atoms with Gasteiger partial charge in [-0.1, -0.05) is 0 Å².